The number of nitrogens with zero attached hydrogens (tertiary/aromatic N) is 1. The first-order valence-corrected chi connectivity index (χ1v) is 10.0. The van der Waals surface area contributed by atoms with Crippen LogP contribution in [0.1, 0.15) is 48.2 Å². The van der Waals surface area contributed by atoms with Crippen molar-refractivity contribution in [2.45, 2.75) is 33.1 Å². The monoisotopic (exact) mass is 443 g/mol. The Kier molecular flexibility index (Phi) is 8.76. The normalized spacial score (nSPS) is 10.8. The average Bonchev–Trinajstić information content (AvgIpc) is 2.73. The van der Waals surface area contributed by atoms with Crippen molar-refractivity contribution >= 4 is 23.5 Å². The molecule has 0 amide bonds. The summed E-state index contributed by atoms with van der Waals surface area (Å²) in [5.74, 6) is -0.629. The second kappa shape index (κ2) is 11.5. The Morgan fingerprint density at radius 3 is 2.50 bits per heavy atom. The fourth-order valence-corrected chi connectivity index (χ4v) is 3.04. The van der Waals surface area contributed by atoms with Crippen molar-refractivity contribution in [1.82, 2.24) is 0 Å². The second-order valence-corrected chi connectivity index (χ2v) is 6.94. The topological polar surface area (TPSA) is 136 Å². The minimum absolute atomic E-state index is 0.0547. The molecule has 2 N–H and O–H groups in total. The van der Waals surface area contributed by atoms with Crippen molar-refractivity contribution in [2.75, 3.05) is 13.2 Å². The number of nitro benzene ring substituents is 1. The number of phenolic OH excluding ortho intramolecular Hbond substituents is 1. The second-order valence-electron chi connectivity index (χ2n) is 6.94. The van der Waals surface area contributed by atoms with Crippen LogP contribution in [0.2, 0.25) is 0 Å². The molecule has 0 fully saturated rings. The molecule has 32 heavy (non-hydrogen) atoms. The molecule has 9 nitrogen and oxygen atoms in total. The molecular formula is C23H25NO8. The number of aliphatic carboxylic acids is 1. The van der Waals surface area contributed by atoms with E-state index in [-0.39, 0.29) is 41.6 Å². The van der Waals surface area contributed by atoms with Crippen LogP contribution < -0.4 is 9.47 Å². The van der Waals surface area contributed by atoms with E-state index in [1.165, 1.54) is 31.2 Å². The highest BCUT2D eigenvalue weighted by molar-refractivity contribution is 5.97. The molecule has 0 spiro atoms. The molecule has 0 aromatic heterocycles. The van der Waals surface area contributed by atoms with Crippen molar-refractivity contribution in [1.29, 1.82) is 0 Å². The standard InChI is InChI=1S/C23H25NO8/c1-3-5-19-21(10-8-18(15(2)25)23(19)28)32-13-4-12-31-17-7-9-20(24(29)30)16(14-17)6-11-22(26)27/h6-11,14,28H,3-5,12-13H2,1-2H3,(H,26,27)/b11-6+. The average molecular weight is 443 g/mol. The molecule has 0 unspecified atom stereocenters. The summed E-state index contributed by atoms with van der Waals surface area (Å²) in [6.45, 7) is 3.89. The molecule has 0 aliphatic heterocycles. The van der Waals surface area contributed by atoms with Gasteiger partial charge in [-0.25, -0.2) is 4.79 Å². The van der Waals surface area contributed by atoms with Crippen molar-refractivity contribution in [3.05, 3.63) is 63.2 Å². The number of aromatic hydroxyl groups is 1. The van der Waals surface area contributed by atoms with E-state index in [2.05, 4.69) is 0 Å². The lowest BCUT2D eigenvalue weighted by Gasteiger charge is -2.15. The molecule has 0 aliphatic carbocycles. The van der Waals surface area contributed by atoms with Crippen LogP contribution in [0.5, 0.6) is 17.2 Å². The number of ketones is 1. The molecule has 2 aromatic carbocycles. The highest BCUT2D eigenvalue weighted by Crippen LogP contribution is 2.33. The smallest absolute Gasteiger partial charge is 0.328 e. The van der Waals surface area contributed by atoms with E-state index in [1.54, 1.807) is 6.07 Å². The van der Waals surface area contributed by atoms with Crippen molar-refractivity contribution in [2.24, 2.45) is 0 Å². The Morgan fingerprint density at radius 1 is 1.16 bits per heavy atom. The number of ether oxygens (including phenoxy) is 2. The van der Waals surface area contributed by atoms with Gasteiger partial charge >= 0.3 is 5.97 Å². The Labute approximate surface area is 185 Å². The summed E-state index contributed by atoms with van der Waals surface area (Å²) >= 11 is 0. The fourth-order valence-electron chi connectivity index (χ4n) is 3.04. The number of phenols is 1. The minimum Gasteiger partial charge on any atom is -0.507 e. The van der Waals surface area contributed by atoms with E-state index in [0.717, 1.165) is 18.6 Å². The predicted octanol–water partition coefficient (Wildman–Crippen LogP) is 4.40. The number of carbonyl (C=O) groups is 2. The molecule has 170 valence electrons. The maximum atomic E-state index is 11.6. The zero-order chi connectivity index (χ0) is 23.7. The first kappa shape index (κ1) is 24.4. The quantitative estimate of drug-likeness (QED) is 0.162. The third-order valence-corrected chi connectivity index (χ3v) is 4.54. The summed E-state index contributed by atoms with van der Waals surface area (Å²) in [5.41, 5.74) is 0.744. The van der Waals surface area contributed by atoms with Gasteiger partial charge in [0.05, 0.1) is 29.3 Å². The molecule has 0 radical (unpaired) electrons. The third kappa shape index (κ3) is 6.56. The number of carbonyl (C=O) groups excluding carboxylic acids is 1. The highest BCUT2D eigenvalue weighted by atomic mass is 16.6. The minimum atomic E-state index is -1.22. The van der Waals surface area contributed by atoms with E-state index >= 15 is 0 Å². The maximum absolute atomic E-state index is 11.6. The Balaban J connectivity index is 1.99. The van der Waals surface area contributed by atoms with Crippen molar-refractivity contribution in [3.8, 4) is 17.2 Å². The van der Waals surface area contributed by atoms with Crippen molar-refractivity contribution in [3.63, 3.8) is 0 Å². The van der Waals surface area contributed by atoms with Gasteiger partial charge in [0.15, 0.2) is 5.78 Å². The van der Waals surface area contributed by atoms with Crippen LogP contribution >= 0.6 is 0 Å². The van der Waals surface area contributed by atoms with Crippen LogP contribution in [-0.2, 0) is 11.2 Å². The van der Waals surface area contributed by atoms with Gasteiger partial charge in [0.25, 0.3) is 5.69 Å². The lowest BCUT2D eigenvalue weighted by Crippen LogP contribution is -2.07. The zero-order valence-electron chi connectivity index (χ0n) is 17.9. The third-order valence-electron chi connectivity index (χ3n) is 4.54. The maximum Gasteiger partial charge on any atom is 0.328 e. The van der Waals surface area contributed by atoms with Gasteiger partial charge in [0, 0.05) is 24.1 Å². The van der Waals surface area contributed by atoms with Gasteiger partial charge in [-0.3, -0.25) is 14.9 Å². The summed E-state index contributed by atoms with van der Waals surface area (Å²) < 4.78 is 11.4. The first-order chi connectivity index (χ1) is 15.2. The number of hydrogen-bond donors (Lipinski definition) is 2. The summed E-state index contributed by atoms with van der Waals surface area (Å²) in [5, 5.41) is 30.2. The van der Waals surface area contributed by atoms with Gasteiger partial charge in [0.2, 0.25) is 0 Å². The van der Waals surface area contributed by atoms with Crippen LogP contribution in [0.25, 0.3) is 6.08 Å². The molecule has 9 heteroatoms. The summed E-state index contributed by atoms with van der Waals surface area (Å²) in [7, 11) is 0. The lowest BCUT2D eigenvalue weighted by molar-refractivity contribution is -0.385. The van der Waals surface area contributed by atoms with Crippen LogP contribution in [-0.4, -0.2) is 40.1 Å². The summed E-state index contributed by atoms with van der Waals surface area (Å²) in [6, 6.07) is 7.29. The van der Waals surface area contributed by atoms with E-state index in [4.69, 9.17) is 14.6 Å². The van der Waals surface area contributed by atoms with Crippen LogP contribution in [0, 0.1) is 10.1 Å². The molecule has 0 atom stereocenters. The highest BCUT2D eigenvalue weighted by Gasteiger charge is 2.16. The number of nitro groups is 1. The lowest BCUT2D eigenvalue weighted by atomic mass is 10.0. The molecule has 0 aliphatic rings. The van der Waals surface area contributed by atoms with Gasteiger partial charge in [0.1, 0.15) is 17.2 Å². The van der Waals surface area contributed by atoms with Crippen LogP contribution in [0.3, 0.4) is 0 Å². The number of benzene rings is 2. The number of hydrogen-bond acceptors (Lipinski definition) is 7. The van der Waals surface area contributed by atoms with Crippen LogP contribution in [0.15, 0.2) is 36.4 Å². The number of carboxylic acid groups (broad SMARTS) is 1. The Morgan fingerprint density at radius 2 is 1.88 bits per heavy atom. The fraction of sp³-hybridized carbons (Fsp3) is 0.304. The molecule has 2 aromatic rings. The zero-order valence-corrected chi connectivity index (χ0v) is 17.9. The Bertz CT molecular complexity index is 1030. The molecule has 0 saturated carbocycles. The SMILES string of the molecule is CCCc1c(OCCCOc2ccc([N+](=O)[O-])c(/C=C/C(=O)O)c2)ccc(C(C)=O)c1O. The van der Waals surface area contributed by atoms with E-state index in [0.29, 0.717) is 29.9 Å². The molecular weight excluding hydrogens is 418 g/mol. The molecule has 0 bridgehead atoms. The molecule has 0 heterocycles. The van der Waals surface area contributed by atoms with Gasteiger partial charge in [-0.1, -0.05) is 13.3 Å². The first-order valence-electron chi connectivity index (χ1n) is 10.0. The van der Waals surface area contributed by atoms with Crippen molar-refractivity contribution < 1.29 is 34.2 Å². The number of carboxylic acids is 1. The predicted molar refractivity (Wildman–Crippen MR) is 117 cm³/mol. The largest absolute Gasteiger partial charge is 0.507 e. The molecule has 0 saturated heterocycles. The van der Waals surface area contributed by atoms with Gasteiger partial charge in [-0.2, -0.15) is 0 Å². The Hall–Kier alpha value is -3.88. The van der Waals surface area contributed by atoms with Gasteiger partial charge < -0.3 is 19.7 Å². The van der Waals surface area contributed by atoms with E-state index < -0.39 is 10.9 Å². The van der Waals surface area contributed by atoms with E-state index in [9.17, 15) is 24.8 Å². The van der Waals surface area contributed by atoms with Gasteiger partial charge in [-0.15, -0.1) is 0 Å². The number of rotatable bonds is 12. The number of Topliss-reactive ketones (excluding diaryl/α,β-unsaturated/α-hetero) is 1. The van der Waals surface area contributed by atoms with Crippen LogP contribution in [0.4, 0.5) is 5.69 Å². The van der Waals surface area contributed by atoms with E-state index in [1.807, 2.05) is 6.92 Å². The summed E-state index contributed by atoms with van der Waals surface area (Å²) in [4.78, 5) is 32.8. The molecule has 2 rings (SSSR count). The summed E-state index contributed by atoms with van der Waals surface area (Å²) in [6.07, 6.45) is 3.78. The van der Waals surface area contributed by atoms with Gasteiger partial charge in [-0.05, 0) is 43.7 Å².